The van der Waals surface area contributed by atoms with Crippen molar-refractivity contribution < 1.29 is 58.4 Å². The van der Waals surface area contributed by atoms with Crippen molar-refractivity contribution in [2.24, 2.45) is 0 Å². The summed E-state index contributed by atoms with van der Waals surface area (Å²) in [5.74, 6) is 0.495. The summed E-state index contributed by atoms with van der Waals surface area (Å²) in [7, 11) is 1.42. The molecule has 2 aromatic rings. The van der Waals surface area contributed by atoms with E-state index in [9.17, 15) is 25.2 Å². The number of benzene rings is 2. The number of carbonyl (C=O) groups is 1. The molecule has 0 saturated carbocycles. The van der Waals surface area contributed by atoms with Crippen molar-refractivity contribution in [2.45, 2.75) is 42.9 Å². The van der Waals surface area contributed by atoms with Crippen LogP contribution in [0.2, 0.25) is 0 Å². The molecule has 2 aromatic carbocycles. The molecule has 38 heavy (non-hydrogen) atoms. The van der Waals surface area contributed by atoms with E-state index in [4.69, 9.17) is 33.2 Å². The molecule has 3 aliphatic heterocycles. The topological polar surface area (TPSA) is 169 Å². The fourth-order valence-electron chi connectivity index (χ4n) is 3.95. The second-order valence-corrected chi connectivity index (χ2v) is 9.20. The SMILES string of the molecule is COc1cc(OCC2CO2)c(C(=O)c2ccc(OCC3CO3)cc2)c(O[C@@H]2O[C@H](CO)[C@@H](O)[C@H](O)[C@H]2O)c1. The van der Waals surface area contributed by atoms with Crippen LogP contribution in [0.5, 0.6) is 23.0 Å². The summed E-state index contributed by atoms with van der Waals surface area (Å²) in [6.07, 6.45) is -7.64. The molecule has 12 heteroatoms. The monoisotopic (exact) mass is 534 g/mol. The van der Waals surface area contributed by atoms with Crippen LogP contribution in [0.15, 0.2) is 36.4 Å². The molecule has 4 N–H and O–H groups in total. The highest BCUT2D eigenvalue weighted by Gasteiger charge is 2.45. The first-order valence-corrected chi connectivity index (χ1v) is 12.2. The standard InChI is InChI=1S/C26H30O12/c1-32-15-6-18(36-12-17-11-35-17)21(22(28)13-2-4-14(5-3-13)33-9-16-10-34-16)19(7-15)37-26-25(31)24(30)23(29)20(8-27)38-26/h2-7,16-17,20,23-27,29-31H,8-12H2,1H3/t16?,17?,20-,23-,24+,25-,26-/m1/s1. The normalized spacial score (nSPS) is 29.9. The molecule has 3 heterocycles. The van der Waals surface area contributed by atoms with E-state index in [0.29, 0.717) is 36.9 Å². The van der Waals surface area contributed by atoms with E-state index in [0.717, 1.165) is 0 Å². The Kier molecular flexibility index (Phi) is 8.00. The zero-order valence-electron chi connectivity index (χ0n) is 20.6. The number of hydrogen-bond donors (Lipinski definition) is 4. The van der Waals surface area contributed by atoms with Gasteiger partial charge in [-0.15, -0.1) is 0 Å². The van der Waals surface area contributed by atoms with Gasteiger partial charge >= 0.3 is 0 Å². The Morgan fingerprint density at radius 2 is 1.53 bits per heavy atom. The Bertz CT molecular complexity index is 1110. The second kappa shape index (κ2) is 11.4. The van der Waals surface area contributed by atoms with Gasteiger partial charge in [0.25, 0.3) is 0 Å². The third-order valence-corrected chi connectivity index (χ3v) is 6.38. The van der Waals surface area contributed by atoms with Gasteiger partial charge in [-0.25, -0.2) is 0 Å². The molecule has 0 aromatic heterocycles. The Balaban J connectivity index is 1.46. The first-order chi connectivity index (χ1) is 18.4. The number of aliphatic hydroxyl groups is 4. The highest BCUT2D eigenvalue weighted by Crippen LogP contribution is 2.38. The lowest BCUT2D eigenvalue weighted by molar-refractivity contribution is -0.277. The number of epoxide rings is 2. The maximum atomic E-state index is 13.8. The Hall–Kier alpha value is -2.97. The minimum absolute atomic E-state index is 0.0171. The van der Waals surface area contributed by atoms with Gasteiger partial charge < -0.3 is 53.6 Å². The van der Waals surface area contributed by atoms with Crippen LogP contribution >= 0.6 is 0 Å². The minimum Gasteiger partial charge on any atom is -0.496 e. The molecule has 5 rings (SSSR count). The van der Waals surface area contributed by atoms with E-state index < -0.39 is 43.1 Å². The van der Waals surface area contributed by atoms with Gasteiger partial charge in [0.05, 0.1) is 26.9 Å². The van der Waals surface area contributed by atoms with Crippen molar-refractivity contribution in [3.05, 3.63) is 47.5 Å². The van der Waals surface area contributed by atoms with Crippen molar-refractivity contribution in [3.63, 3.8) is 0 Å². The minimum atomic E-state index is -1.68. The Morgan fingerprint density at radius 1 is 0.895 bits per heavy atom. The summed E-state index contributed by atoms with van der Waals surface area (Å²) in [5, 5.41) is 40.3. The van der Waals surface area contributed by atoms with Gasteiger partial charge in [0.1, 0.15) is 78.4 Å². The quantitative estimate of drug-likeness (QED) is 0.207. The molecule has 12 nitrogen and oxygen atoms in total. The smallest absolute Gasteiger partial charge is 0.229 e. The summed E-state index contributed by atoms with van der Waals surface area (Å²) in [4.78, 5) is 13.8. The second-order valence-electron chi connectivity index (χ2n) is 9.20. The average molecular weight is 535 g/mol. The van der Waals surface area contributed by atoms with E-state index in [1.807, 2.05) is 0 Å². The average Bonchev–Trinajstić information content (AvgIpc) is 3.86. The van der Waals surface area contributed by atoms with Crippen LogP contribution in [0.3, 0.4) is 0 Å². The molecule has 206 valence electrons. The maximum absolute atomic E-state index is 13.8. The number of ketones is 1. The summed E-state index contributed by atoms with van der Waals surface area (Å²) >= 11 is 0. The number of ether oxygens (including phenoxy) is 7. The molecule has 3 fully saturated rings. The van der Waals surface area contributed by atoms with Gasteiger partial charge in [-0.2, -0.15) is 0 Å². The molecular formula is C26H30O12. The molecule has 2 unspecified atom stereocenters. The van der Waals surface area contributed by atoms with E-state index in [1.54, 1.807) is 24.3 Å². The first-order valence-electron chi connectivity index (χ1n) is 12.2. The molecule has 3 saturated heterocycles. The lowest BCUT2D eigenvalue weighted by Crippen LogP contribution is -2.60. The molecule has 7 atom stereocenters. The number of aliphatic hydroxyl groups excluding tert-OH is 4. The van der Waals surface area contributed by atoms with Crippen LogP contribution in [-0.4, -0.2) is 109 Å². The zero-order chi connectivity index (χ0) is 26.8. The van der Waals surface area contributed by atoms with Crippen molar-refractivity contribution >= 4 is 5.78 Å². The maximum Gasteiger partial charge on any atom is 0.229 e. The molecular weight excluding hydrogens is 504 g/mol. The fraction of sp³-hybridized carbons (Fsp3) is 0.500. The molecule has 0 aliphatic carbocycles. The third kappa shape index (κ3) is 6.02. The largest absolute Gasteiger partial charge is 0.496 e. The van der Waals surface area contributed by atoms with Crippen LogP contribution in [0.25, 0.3) is 0 Å². The van der Waals surface area contributed by atoms with Crippen molar-refractivity contribution in [1.29, 1.82) is 0 Å². The predicted molar refractivity (Wildman–Crippen MR) is 128 cm³/mol. The highest BCUT2D eigenvalue weighted by atomic mass is 16.7. The molecule has 0 radical (unpaired) electrons. The first kappa shape index (κ1) is 26.6. The highest BCUT2D eigenvalue weighted by molar-refractivity contribution is 6.12. The number of rotatable bonds is 12. The van der Waals surface area contributed by atoms with Gasteiger partial charge in [-0.3, -0.25) is 4.79 Å². The summed E-state index contributed by atoms with van der Waals surface area (Å²) < 4.78 is 38.6. The van der Waals surface area contributed by atoms with Crippen molar-refractivity contribution in [2.75, 3.05) is 40.1 Å². The van der Waals surface area contributed by atoms with Crippen LogP contribution in [0.4, 0.5) is 0 Å². The molecule has 0 amide bonds. The number of methoxy groups -OCH3 is 1. The molecule has 3 aliphatic rings. The fourth-order valence-corrected chi connectivity index (χ4v) is 3.95. The summed E-state index contributed by atoms with van der Waals surface area (Å²) in [6, 6.07) is 9.47. The van der Waals surface area contributed by atoms with E-state index in [2.05, 4.69) is 0 Å². The Morgan fingerprint density at radius 3 is 2.13 bits per heavy atom. The van der Waals surface area contributed by atoms with Crippen LogP contribution in [0, 0.1) is 0 Å². The summed E-state index contributed by atoms with van der Waals surface area (Å²) in [6.45, 7) is 1.17. The van der Waals surface area contributed by atoms with Crippen LogP contribution < -0.4 is 18.9 Å². The molecule has 0 bridgehead atoms. The number of hydrogen-bond acceptors (Lipinski definition) is 12. The van der Waals surface area contributed by atoms with Crippen molar-refractivity contribution in [3.8, 4) is 23.0 Å². The van der Waals surface area contributed by atoms with Gasteiger partial charge in [-0.1, -0.05) is 0 Å². The predicted octanol–water partition coefficient (Wildman–Crippen LogP) is -0.340. The van der Waals surface area contributed by atoms with E-state index in [-0.39, 0.29) is 35.9 Å². The molecule has 0 spiro atoms. The van der Waals surface area contributed by atoms with E-state index in [1.165, 1.54) is 19.2 Å². The van der Waals surface area contributed by atoms with Gasteiger partial charge in [-0.05, 0) is 24.3 Å². The third-order valence-electron chi connectivity index (χ3n) is 6.38. The van der Waals surface area contributed by atoms with Crippen LogP contribution in [-0.2, 0) is 14.2 Å². The van der Waals surface area contributed by atoms with Gasteiger partial charge in [0.15, 0.2) is 0 Å². The van der Waals surface area contributed by atoms with Crippen LogP contribution in [0.1, 0.15) is 15.9 Å². The van der Waals surface area contributed by atoms with Gasteiger partial charge in [0.2, 0.25) is 12.1 Å². The number of carbonyl (C=O) groups excluding carboxylic acids is 1. The van der Waals surface area contributed by atoms with Crippen molar-refractivity contribution in [1.82, 2.24) is 0 Å². The Labute approximate surface area is 218 Å². The van der Waals surface area contributed by atoms with Gasteiger partial charge in [0, 0.05) is 17.7 Å². The lowest BCUT2D eigenvalue weighted by atomic mass is 9.98. The summed E-state index contributed by atoms with van der Waals surface area (Å²) in [5.41, 5.74) is 0.319. The zero-order valence-corrected chi connectivity index (χ0v) is 20.6. The lowest BCUT2D eigenvalue weighted by Gasteiger charge is -2.39. The van der Waals surface area contributed by atoms with E-state index >= 15 is 0 Å².